The lowest BCUT2D eigenvalue weighted by molar-refractivity contribution is -0.117. The summed E-state index contributed by atoms with van der Waals surface area (Å²) in [4.78, 5) is 33.4. The number of hydrogen-bond donors (Lipinski definition) is 1. The largest absolute Gasteiger partial charge is 0.503 e. The van der Waals surface area contributed by atoms with E-state index in [-0.39, 0.29) is 11.4 Å². The zero-order valence-electron chi connectivity index (χ0n) is 14.7. The monoisotopic (exact) mass is 396 g/mol. The number of ketones is 1. The third-order valence-corrected chi connectivity index (χ3v) is 6.48. The molecule has 0 saturated heterocycles. The summed E-state index contributed by atoms with van der Waals surface area (Å²) in [6.07, 6.45) is 0. The molecule has 5 nitrogen and oxygen atoms in total. The van der Waals surface area contributed by atoms with Gasteiger partial charge in [0.1, 0.15) is 0 Å². The summed E-state index contributed by atoms with van der Waals surface area (Å²) < 4.78 is 0. The summed E-state index contributed by atoms with van der Waals surface area (Å²) in [7, 11) is 0. The maximum atomic E-state index is 13.1. The predicted molar refractivity (Wildman–Crippen MR) is 107 cm³/mol. The SMILES string of the molecule is Cc1nc(N2C(=O)C(O)=C(C(=O)c3cccs3)[C@@H]2c2ccccc2)sc1C. The van der Waals surface area contributed by atoms with Crippen LogP contribution in [0.15, 0.2) is 59.2 Å². The van der Waals surface area contributed by atoms with Crippen molar-refractivity contribution < 1.29 is 14.7 Å². The normalized spacial score (nSPS) is 17.0. The van der Waals surface area contributed by atoms with Crippen molar-refractivity contribution in [2.75, 3.05) is 4.90 Å². The van der Waals surface area contributed by atoms with Crippen molar-refractivity contribution in [1.82, 2.24) is 4.98 Å². The zero-order valence-corrected chi connectivity index (χ0v) is 16.3. The van der Waals surface area contributed by atoms with Crippen LogP contribution in [-0.4, -0.2) is 21.8 Å². The van der Waals surface area contributed by atoms with Gasteiger partial charge in [0.15, 0.2) is 10.9 Å². The fourth-order valence-electron chi connectivity index (χ4n) is 3.08. The summed E-state index contributed by atoms with van der Waals surface area (Å²) in [5, 5.41) is 12.9. The number of thiophene rings is 1. The van der Waals surface area contributed by atoms with Gasteiger partial charge in [0.05, 0.1) is 22.2 Å². The quantitative estimate of drug-likeness (QED) is 0.654. The number of Topliss-reactive ketones (excluding diaryl/α,β-unsaturated/α-hetero) is 1. The van der Waals surface area contributed by atoms with Crippen LogP contribution in [0.3, 0.4) is 0 Å². The molecule has 1 amide bonds. The Morgan fingerprint density at radius 1 is 1.15 bits per heavy atom. The number of aliphatic hydroxyl groups excluding tert-OH is 1. The molecule has 0 unspecified atom stereocenters. The van der Waals surface area contributed by atoms with Crippen LogP contribution in [0.4, 0.5) is 5.13 Å². The molecule has 136 valence electrons. The van der Waals surface area contributed by atoms with E-state index in [1.54, 1.807) is 17.5 Å². The highest BCUT2D eigenvalue weighted by Crippen LogP contribution is 2.43. The fraction of sp³-hybridized carbons (Fsp3) is 0.150. The van der Waals surface area contributed by atoms with Crippen molar-refractivity contribution >= 4 is 39.5 Å². The first kappa shape index (κ1) is 17.6. The first-order valence-electron chi connectivity index (χ1n) is 8.33. The van der Waals surface area contributed by atoms with E-state index in [0.717, 1.165) is 16.1 Å². The molecule has 1 atom stereocenters. The first-order chi connectivity index (χ1) is 13.0. The van der Waals surface area contributed by atoms with E-state index in [9.17, 15) is 14.7 Å². The summed E-state index contributed by atoms with van der Waals surface area (Å²) >= 11 is 2.66. The van der Waals surface area contributed by atoms with Crippen LogP contribution in [0.1, 0.15) is 31.8 Å². The van der Waals surface area contributed by atoms with Crippen LogP contribution in [0.5, 0.6) is 0 Å². The van der Waals surface area contributed by atoms with Crippen molar-refractivity contribution in [2.24, 2.45) is 0 Å². The minimum absolute atomic E-state index is 0.0964. The molecular weight excluding hydrogens is 380 g/mol. The Bertz CT molecular complexity index is 1030. The van der Waals surface area contributed by atoms with Crippen LogP contribution in [0.2, 0.25) is 0 Å². The number of anilines is 1. The molecule has 0 spiro atoms. The van der Waals surface area contributed by atoms with Crippen molar-refractivity contribution in [3.8, 4) is 0 Å². The number of nitrogens with zero attached hydrogens (tertiary/aromatic N) is 2. The molecule has 3 heterocycles. The number of thiazole rings is 1. The van der Waals surface area contributed by atoms with Gasteiger partial charge in [0, 0.05) is 4.88 Å². The minimum atomic E-state index is -0.710. The number of carbonyl (C=O) groups excluding carboxylic acids is 2. The van der Waals surface area contributed by atoms with E-state index < -0.39 is 17.7 Å². The molecule has 4 rings (SSSR count). The molecule has 7 heteroatoms. The lowest BCUT2D eigenvalue weighted by Gasteiger charge is -2.24. The van der Waals surface area contributed by atoms with E-state index in [4.69, 9.17) is 0 Å². The van der Waals surface area contributed by atoms with Crippen molar-refractivity contribution in [3.63, 3.8) is 0 Å². The topological polar surface area (TPSA) is 70.5 Å². The highest BCUT2D eigenvalue weighted by molar-refractivity contribution is 7.16. The zero-order chi connectivity index (χ0) is 19.1. The minimum Gasteiger partial charge on any atom is -0.503 e. The molecule has 0 bridgehead atoms. The molecule has 0 radical (unpaired) electrons. The Balaban J connectivity index is 1.89. The second-order valence-corrected chi connectivity index (χ2v) is 8.32. The number of benzene rings is 1. The smallest absolute Gasteiger partial charge is 0.296 e. The highest BCUT2D eigenvalue weighted by atomic mass is 32.1. The molecule has 0 fully saturated rings. The van der Waals surface area contributed by atoms with Gasteiger partial charge in [-0.2, -0.15) is 0 Å². The number of aryl methyl sites for hydroxylation is 2. The van der Waals surface area contributed by atoms with Gasteiger partial charge in [-0.15, -0.1) is 22.7 Å². The molecule has 27 heavy (non-hydrogen) atoms. The van der Waals surface area contributed by atoms with Gasteiger partial charge < -0.3 is 5.11 Å². The standard InChI is InChI=1S/C20H16N2O3S2/c1-11-12(2)27-20(21-11)22-16(13-7-4-3-5-8-13)15(18(24)19(22)25)17(23)14-9-6-10-26-14/h3-10,16,24H,1-2H3/t16-/m0/s1. The summed E-state index contributed by atoms with van der Waals surface area (Å²) in [6, 6.07) is 12.0. The lowest BCUT2D eigenvalue weighted by atomic mass is 9.96. The third kappa shape index (κ3) is 2.89. The van der Waals surface area contributed by atoms with Gasteiger partial charge in [-0.05, 0) is 30.9 Å². The van der Waals surface area contributed by atoms with Crippen LogP contribution in [-0.2, 0) is 4.79 Å². The number of aliphatic hydroxyl groups is 1. The van der Waals surface area contributed by atoms with Gasteiger partial charge in [0.25, 0.3) is 5.91 Å². The molecule has 1 aliphatic heterocycles. The summed E-state index contributed by atoms with van der Waals surface area (Å²) in [5.74, 6) is -1.44. The van der Waals surface area contributed by atoms with Gasteiger partial charge in [-0.1, -0.05) is 36.4 Å². The van der Waals surface area contributed by atoms with E-state index in [1.807, 2.05) is 44.2 Å². The van der Waals surface area contributed by atoms with Gasteiger partial charge in [0.2, 0.25) is 5.78 Å². The highest BCUT2D eigenvalue weighted by Gasteiger charge is 2.46. The summed E-state index contributed by atoms with van der Waals surface area (Å²) in [5.41, 5.74) is 1.67. The maximum absolute atomic E-state index is 13.1. The van der Waals surface area contributed by atoms with Gasteiger partial charge in [-0.25, -0.2) is 4.98 Å². The number of carbonyl (C=O) groups is 2. The van der Waals surface area contributed by atoms with Crippen LogP contribution in [0.25, 0.3) is 0 Å². The molecular formula is C20H16N2O3S2. The van der Waals surface area contributed by atoms with Crippen molar-refractivity contribution in [1.29, 1.82) is 0 Å². The molecule has 1 aliphatic rings. The second-order valence-electron chi connectivity index (χ2n) is 6.20. The van der Waals surface area contributed by atoms with Crippen LogP contribution < -0.4 is 4.90 Å². The van der Waals surface area contributed by atoms with Crippen molar-refractivity contribution in [2.45, 2.75) is 19.9 Å². The van der Waals surface area contributed by atoms with Crippen LogP contribution >= 0.6 is 22.7 Å². The first-order valence-corrected chi connectivity index (χ1v) is 10.0. The molecule has 0 aliphatic carbocycles. The molecule has 1 N–H and O–H groups in total. The van der Waals surface area contributed by atoms with Crippen molar-refractivity contribution in [3.05, 3.63) is 80.2 Å². The van der Waals surface area contributed by atoms with E-state index in [2.05, 4.69) is 4.98 Å². The Morgan fingerprint density at radius 2 is 1.89 bits per heavy atom. The molecule has 0 saturated carbocycles. The maximum Gasteiger partial charge on any atom is 0.296 e. The molecule has 2 aromatic heterocycles. The molecule has 3 aromatic rings. The summed E-state index contributed by atoms with van der Waals surface area (Å²) in [6.45, 7) is 3.80. The number of hydrogen-bond acceptors (Lipinski definition) is 6. The Labute approximate surface area is 164 Å². The fourth-order valence-corrected chi connectivity index (χ4v) is 4.70. The predicted octanol–water partition coefficient (Wildman–Crippen LogP) is 4.60. The average Bonchev–Trinajstić information content (AvgIpc) is 3.37. The Morgan fingerprint density at radius 3 is 2.48 bits per heavy atom. The number of aromatic nitrogens is 1. The third-order valence-electron chi connectivity index (χ3n) is 4.54. The molecule has 1 aromatic carbocycles. The van der Waals surface area contributed by atoms with E-state index in [1.165, 1.54) is 27.6 Å². The Kier molecular flexibility index (Phi) is 4.41. The van der Waals surface area contributed by atoms with E-state index in [0.29, 0.717) is 10.0 Å². The van der Waals surface area contributed by atoms with E-state index >= 15 is 0 Å². The lowest BCUT2D eigenvalue weighted by Crippen LogP contribution is -2.30. The van der Waals surface area contributed by atoms with Gasteiger partial charge >= 0.3 is 0 Å². The van der Waals surface area contributed by atoms with Crippen LogP contribution in [0, 0.1) is 13.8 Å². The average molecular weight is 396 g/mol. The Hall–Kier alpha value is -2.77. The van der Waals surface area contributed by atoms with Gasteiger partial charge in [-0.3, -0.25) is 14.5 Å². The number of rotatable bonds is 4. The second kappa shape index (κ2) is 6.75. The number of amides is 1.